The van der Waals surface area contributed by atoms with Crippen molar-refractivity contribution in [3.63, 3.8) is 0 Å². The first-order valence-electron chi connectivity index (χ1n) is 6.48. The average Bonchev–Trinajstić information content (AvgIpc) is 2.80. The molecule has 0 atom stereocenters. The Morgan fingerprint density at radius 2 is 2.17 bits per heavy atom. The number of aryl methyl sites for hydroxylation is 2. The van der Waals surface area contributed by atoms with Gasteiger partial charge in [0.2, 0.25) is 0 Å². The molecule has 1 aliphatic heterocycles. The first-order chi connectivity index (χ1) is 8.35. The van der Waals surface area contributed by atoms with E-state index >= 15 is 0 Å². The van der Waals surface area contributed by atoms with Crippen molar-refractivity contribution in [2.75, 3.05) is 18.8 Å². The van der Waals surface area contributed by atoms with Gasteiger partial charge in [-0.1, -0.05) is 13.8 Å². The number of amides is 1. The van der Waals surface area contributed by atoms with Gasteiger partial charge in [0.15, 0.2) is 0 Å². The van der Waals surface area contributed by atoms with E-state index in [2.05, 4.69) is 18.9 Å². The Hall–Kier alpha value is -1.52. The minimum absolute atomic E-state index is 0.0144. The molecule has 1 aromatic heterocycles. The molecule has 0 bridgehead atoms. The lowest BCUT2D eigenvalue weighted by Gasteiger charge is -2.20. The summed E-state index contributed by atoms with van der Waals surface area (Å²) < 4.78 is 1.71. The first kappa shape index (κ1) is 12.9. The molecule has 0 saturated carbocycles. The van der Waals surface area contributed by atoms with Crippen LogP contribution < -0.4 is 5.73 Å². The second kappa shape index (κ2) is 4.30. The van der Waals surface area contributed by atoms with Gasteiger partial charge in [0, 0.05) is 19.6 Å². The minimum Gasteiger partial charge on any atom is -0.395 e. The van der Waals surface area contributed by atoms with Gasteiger partial charge in [-0.2, -0.15) is 5.10 Å². The lowest BCUT2D eigenvalue weighted by atomic mass is 9.93. The summed E-state index contributed by atoms with van der Waals surface area (Å²) >= 11 is 0. The van der Waals surface area contributed by atoms with Crippen LogP contribution in [0.4, 0.5) is 5.69 Å². The Kier molecular flexibility index (Phi) is 3.09. The maximum Gasteiger partial charge on any atom is 0.274 e. The molecule has 1 aliphatic rings. The molecular weight excluding hydrogens is 228 g/mol. The van der Waals surface area contributed by atoms with Gasteiger partial charge in [-0.25, -0.2) is 0 Å². The number of hydrogen-bond donors (Lipinski definition) is 1. The second-order valence-corrected chi connectivity index (χ2v) is 5.80. The van der Waals surface area contributed by atoms with Crippen LogP contribution in [0.5, 0.6) is 0 Å². The first-order valence-corrected chi connectivity index (χ1v) is 6.48. The van der Waals surface area contributed by atoms with Gasteiger partial charge in [0.25, 0.3) is 5.91 Å². The highest BCUT2D eigenvalue weighted by atomic mass is 16.2. The van der Waals surface area contributed by atoms with Crippen molar-refractivity contribution in [1.29, 1.82) is 0 Å². The van der Waals surface area contributed by atoms with Crippen molar-refractivity contribution >= 4 is 11.6 Å². The normalized spacial score (nSPS) is 18.3. The fraction of sp³-hybridized carbons (Fsp3) is 0.692. The maximum atomic E-state index is 12.5. The van der Waals surface area contributed by atoms with Crippen LogP contribution in [0.2, 0.25) is 0 Å². The number of nitrogen functional groups attached to an aromatic ring is 1. The fourth-order valence-electron chi connectivity index (χ4n) is 2.49. The highest BCUT2D eigenvalue weighted by molar-refractivity contribution is 5.98. The zero-order valence-electron chi connectivity index (χ0n) is 11.7. The van der Waals surface area contributed by atoms with E-state index in [1.807, 2.05) is 18.7 Å². The molecule has 0 aliphatic carbocycles. The number of hydrogen-bond acceptors (Lipinski definition) is 3. The monoisotopic (exact) mass is 250 g/mol. The van der Waals surface area contributed by atoms with Crippen LogP contribution in [0.3, 0.4) is 0 Å². The molecule has 2 heterocycles. The van der Waals surface area contributed by atoms with Crippen molar-refractivity contribution in [3.8, 4) is 0 Å². The molecule has 0 radical (unpaired) electrons. The quantitative estimate of drug-likeness (QED) is 0.868. The van der Waals surface area contributed by atoms with Gasteiger partial charge in [0.05, 0.1) is 11.4 Å². The van der Waals surface area contributed by atoms with E-state index in [1.165, 1.54) is 0 Å². The number of anilines is 1. The second-order valence-electron chi connectivity index (χ2n) is 5.80. The van der Waals surface area contributed by atoms with Crippen LogP contribution in [0.15, 0.2) is 0 Å². The Bertz CT molecular complexity index is 476. The summed E-state index contributed by atoms with van der Waals surface area (Å²) in [5, 5.41) is 4.30. The number of likely N-dealkylation sites (tertiary alicyclic amines) is 1. The Balaban J connectivity index is 2.30. The van der Waals surface area contributed by atoms with E-state index in [9.17, 15) is 4.79 Å². The van der Waals surface area contributed by atoms with Crippen molar-refractivity contribution in [3.05, 3.63) is 11.4 Å². The highest BCUT2D eigenvalue weighted by Crippen LogP contribution is 2.30. The minimum atomic E-state index is 0.0144. The lowest BCUT2D eigenvalue weighted by Crippen LogP contribution is -2.32. The van der Waals surface area contributed by atoms with E-state index in [0.29, 0.717) is 17.9 Å². The van der Waals surface area contributed by atoms with Gasteiger partial charge < -0.3 is 10.6 Å². The molecule has 5 heteroatoms. The molecule has 1 amide bonds. The van der Waals surface area contributed by atoms with Gasteiger partial charge in [-0.15, -0.1) is 0 Å². The Morgan fingerprint density at radius 1 is 1.50 bits per heavy atom. The Morgan fingerprint density at radius 3 is 2.67 bits per heavy atom. The van der Waals surface area contributed by atoms with Crippen LogP contribution in [0.25, 0.3) is 0 Å². The molecule has 2 N–H and O–H groups in total. The third kappa shape index (κ3) is 2.09. The number of carbonyl (C=O) groups excluding carboxylic acids is 1. The fourth-order valence-corrected chi connectivity index (χ4v) is 2.49. The van der Waals surface area contributed by atoms with Crippen molar-refractivity contribution in [1.82, 2.24) is 14.7 Å². The summed E-state index contributed by atoms with van der Waals surface area (Å²) in [4.78, 5) is 14.4. The topological polar surface area (TPSA) is 64.2 Å². The van der Waals surface area contributed by atoms with Crippen LogP contribution in [-0.2, 0) is 6.54 Å². The molecular formula is C13H22N4O. The van der Waals surface area contributed by atoms with E-state index in [1.54, 1.807) is 4.68 Å². The lowest BCUT2D eigenvalue weighted by molar-refractivity contribution is 0.0767. The standard InChI is InChI=1S/C13H22N4O/c1-5-17-11(10(14)9(2)15-17)12(18)16-7-6-13(3,4)8-16/h5-8,14H2,1-4H3. The molecule has 2 rings (SSSR count). The maximum absolute atomic E-state index is 12.5. The van der Waals surface area contributed by atoms with Crippen molar-refractivity contribution < 1.29 is 4.79 Å². The summed E-state index contributed by atoms with van der Waals surface area (Å²) in [6.07, 6.45) is 1.04. The van der Waals surface area contributed by atoms with Crippen molar-refractivity contribution in [2.45, 2.75) is 40.7 Å². The number of nitrogens with two attached hydrogens (primary N) is 1. The van der Waals surface area contributed by atoms with Crippen LogP contribution in [0, 0.1) is 12.3 Å². The molecule has 1 aromatic rings. The third-order valence-electron chi connectivity index (χ3n) is 3.64. The van der Waals surface area contributed by atoms with E-state index in [-0.39, 0.29) is 11.3 Å². The molecule has 0 unspecified atom stereocenters. The van der Waals surface area contributed by atoms with E-state index in [0.717, 1.165) is 25.2 Å². The molecule has 18 heavy (non-hydrogen) atoms. The molecule has 1 fully saturated rings. The van der Waals surface area contributed by atoms with E-state index < -0.39 is 0 Å². The largest absolute Gasteiger partial charge is 0.395 e. The number of carbonyl (C=O) groups is 1. The summed E-state index contributed by atoms with van der Waals surface area (Å²) in [7, 11) is 0. The number of aromatic nitrogens is 2. The zero-order valence-corrected chi connectivity index (χ0v) is 11.7. The van der Waals surface area contributed by atoms with Gasteiger partial charge in [-0.3, -0.25) is 9.48 Å². The molecule has 0 spiro atoms. The van der Waals surface area contributed by atoms with Crippen LogP contribution in [0.1, 0.15) is 43.4 Å². The highest BCUT2D eigenvalue weighted by Gasteiger charge is 2.34. The van der Waals surface area contributed by atoms with Gasteiger partial charge >= 0.3 is 0 Å². The summed E-state index contributed by atoms with van der Waals surface area (Å²) in [5.74, 6) is 0.0144. The number of rotatable bonds is 2. The zero-order chi connectivity index (χ0) is 13.5. The van der Waals surface area contributed by atoms with Gasteiger partial charge in [-0.05, 0) is 25.7 Å². The molecule has 5 nitrogen and oxygen atoms in total. The molecule has 0 aromatic carbocycles. The number of nitrogens with zero attached hydrogens (tertiary/aromatic N) is 3. The van der Waals surface area contributed by atoms with Gasteiger partial charge in [0.1, 0.15) is 5.69 Å². The average molecular weight is 250 g/mol. The molecule has 1 saturated heterocycles. The third-order valence-corrected chi connectivity index (χ3v) is 3.64. The Labute approximate surface area is 108 Å². The predicted molar refractivity (Wildman–Crippen MR) is 71.4 cm³/mol. The van der Waals surface area contributed by atoms with Crippen LogP contribution in [-0.4, -0.2) is 33.7 Å². The predicted octanol–water partition coefficient (Wildman–Crippen LogP) is 1.67. The van der Waals surface area contributed by atoms with Crippen LogP contribution >= 0.6 is 0 Å². The summed E-state index contributed by atoms with van der Waals surface area (Å²) in [6.45, 7) is 10.4. The van der Waals surface area contributed by atoms with E-state index in [4.69, 9.17) is 5.73 Å². The van der Waals surface area contributed by atoms with Crippen molar-refractivity contribution in [2.24, 2.45) is 5.41 Å². The SMILES string of the molecule is CCn1nc(C)c(N)c1C(=O)N1CCC(C)(C)C1. The smallest absolute Gasteiger partial charge is 0.274 e. The molecule has 100 valence electrons. The summed E-state index contributed by atoms with van der Waals surface area (Å²) in [6, 6.07) is 0. The summed E-state index contributed by atoms with van der Waals surface area (Å²) in [5.41, 5.74) is 7.99.